The number of hydrogen-bond donors (Lipinski definition) is 1. The number of anilines is 1. The number of thiocarbonyl (C=S) groups is 1. The van der Waals surface area contributed by atoms with Gasteiger partial charge >= 0.3 is 0 Å². The fourth-order valence-corrected chi connectivity index (χ4v) is 4.02. The summed E-state index contributed by atoms with van der Waals surface area (Å²) in [6.45, 7) is 3.85. The van der Waals surface area contributed by atoms with Crippen LogP contribution in [-0.2, 0) is 9.59 Å². The number of hydrogen-bond acceptors (Lipinski definition) is 3. The van der Waals surface area contributed by atoms with Crippen LogP contribution in [-0.4, -0.2) is 21.5 Å². The average molecular weight is 480 g/mol. The van der Waals surface area contributed by atoms with Crippen molar-refractivity contribution in [3.8, 4) is 5.69 Å². The lowest BCUT2D eigenvalue weighted by Gasteiger charge is -2.30. The largest absolute Gasteiger partial charge is 0.317 e. The molecule has 0 atom stereocenters. The standard InChI is InChI=1S/C23H18BrN3O2S/c1-14-8-9-15(2)20(11-14)27-22(29)19(21(28)25-23(27)30)13-18-7-4-10-26(18)17-6-3-5-16(24)12-17/h3-13H,1-2H3,(H,25,28,30)/b19-13+. The molecule has 1 N–H and O–H groups in total. The first-order valence-electron chi connectivity index (χ1n) is 9.27. The first kappa shape index (κ1) is 20.3. The van der Waals surface area contributed by atoms with Crippen molar-refractivity contribution in [2.24, 2.45) is 0 Å². The van der Waals surface area contributed by atoms with Crippen molar-refractivity contribution in [2.75, 3.05) is 4.90 Å². The molecular formula is C23H18BrN3O2S. The fraction of sp³-hybridized carbons (Fsp3) is 0.0870. The molecule has 0 saturated carbocycles. The van der Waals surface area contributed by atoms with Crippen molar-refractivity contribution in [1.82, 2.24) is 9.88 Å². The number of nitrogens with one attached hydrogen (secondary N) is 1. The zero-order valence-corrected chi connectivity index (χ0v) is 18.8. The van der Waals surface area contributed by atoms with E-state index >= 15 is 0 Å². The van der Waals surface area contributed by atoms with Gasteiger partial charge in [-0.15, -0.1) is 0 Å². The minimum Gasteiger partial charge on any atom is -0.317 e. The molecule has 4 rings (SSSR count). The molecule has 0 radical (unpaired) electrons. The van der Waals surface area contributed by atoms with Gasteiger partial charge in [0.05, 0.1) is 5.69 Å². The molecular weight excluding hydrogens is 462 g/mol. The molecule has 7 heteroatoms. The van der Waals surface area contributed by atoms with Crippen LogP contribution in [0.15, 0.2) is 70.8 Å². The highest BCUT2D eigenvalue weighted by molar-refractivity contribution is 9.10. The van der Waals surface area contributed by atoms with Crippen LogP contribution in [0, 0.1) is 13.8 Å². The Morgan fingerprint density at radius 3 is 2.60 bits per heavy atom. The highest BCUT2D eigenvalue weighted by atomic mass is 79.9. The van der Waals surface area contributed by atoms with Crippen LogP contribution in [0.25, 0.3) is 11.8 Å². The Morgan fingerprint density at radius 1 is 1.03 bits per heavy atom. The van der Waals surface area contributed by atoms with Crippen molar-refractivity contribution in [1.29, 1.82) is 0 Å². The van der Waals surface area contributed by atoms with Crippen LogP contribution < -0.4 is 10.2 Å². The van der Waals surface area contributed by atoms with Crippen LogP contribution in [0.1, 0.15) is 16.8 Å². The molecule has 3 aromatic rings. The molecule has 30 heavy (non-hydrogen) atoms. The number of halogens is 1. The Labute approximate surface area is 188 Å². The van der Waals surface area contributed by atoms with E-state index < -0.39 is 11.8 Å². The molecule has 1 aliphatic heterocycles. The molecule has 1 fully saturated rings. The second-order valence-corrected chi connectivity index (χ2v) is 8.33. The third-order valence-corrected chi connectivity index (χ3v) is 5.64. The molecule has 0 spiro atoms. The number of aryl methyl sites for hydroxylation is 2. The van der Waals surface area contributed by atoms with E-state index in [2.05, 4.69) is 21.2 Å². The van der Waals surface area contributed by atoms with Crippen LogP contribution in [0.5, 0.6) is 0 Å². The molecule has 5 nitrogen and oxygen atoms in total. The highest BCUT2D eigenvalue weighted by Crippen LogP contribution is 2.27. The van der Waals surface area contributed by atoms with Crippen molar-refractivity contribution in [3.05, 3.63) is 87.7 Å². The maximum atomic E-state index is 13.3. The summed E-state index contributed by atoms with van der Waals surface area (Å²) in [5.74, 6) is -0.951. The number of carbonyl (C=O) groups excluding carboxylic acids is 2. The summed E-state index contributed by atoms with van der Waals surface area (Å²) in [7, 11) is 0. The van der Waals surface area contributed by atoms with E-state index in [9.17, 15) is 9.59 Å². The first-order chi connectivity index (χ1) is 14.3. The van der Waals surface area contributed by atoms with E-state index in [-0.39, 0.29) is 10.7 Å². The van der Waals surface area contributed by atoms with Gasteiger partial charge in [-0.2, -0.15) is 0 Å². The van der Waals surface area contributed by atoms with Crippen molar-refractivity contribution < 1.29 is 9.59 Å². The van der Waals surface area contributed by atoms with Gasteiger partial charge in [-0.1, -0.05) is 34.1 Å². The molecule has 1 saturated heterocycles. The molecule has 0 bridgehead atoms. The van der Waals surface area contributed by atoms with Gasteiger partial charge in [0.25, 0.3) is 11.8 Å². The second-order valence-electron chi connectivity index (χ2n) is 7.03. The Bertz CT molecular complexity index is 1230. The summed E-state index contributed by atoms with van der Waals surface area (Å²) < 4.78 is 2.85. The molecule has 2 amide bonds. The van der Waals surface area contributed by atoms with Gasteiger partial charge in [0, 0.05) is 22.1 Å². The van der Waals surface area contributed by atoms with E-state index in [4.69, 9.17) is 12.2 Å². The predicted octanol–water partition coefficient (Wildman–Crippen LogP) is 4.69. The first-order valence-corrected chi connectivity index (χ1v) is 10.5. The van der Waals surface area contributed by atoms with Gasteiger partial charge in [0.15, 0.2) is 5.11 Å². The number of amides is 2. The van der Waals surface area contributed by atoms with Crippen molar-refractivity contribution >= 4 is 56.8 Å². The quantitative estimate of drug-likeness (QED) is 0.336. The summed E-state index contributed by atoms with van der Waals surface area (Å²) in [5, 5.41) is 2.73. The number of nitrogens with zero attached hydrogens (tertiary/aromatic N) is 2. The normalized spacial score (nSPS) is 15.6. The maximum Gasteiger partial charge on any atom is 0.270 e. The van der Waals surface area contributed by atoms with Gasteiger partial charge in [0.2, 0.25) is 0 Å². The average Bonchev–Trinajstić information content (AvgIpc) is 3.16. The van der Waals surface area contributed by atoms with Crippen molar-refractivity contribution in [3.63, 3.8) is 0 Å². The zero-order valence-electron chi connectivity index (χ0n) is 16.3. The van der Waals surface area contributed by atoms with Crippen LogP contribution in [0.3, 0.4) is 0 Å². The Kier molecular flexibility index (Phi) is 5.40. The van der Waals surface area contributed by atoms with Crippen LogP contribution >= 0.6 is 28.1 Å². The van der Waals surface area contributed by atoms with Gasteiger partial charge < -0.3 is 4.57 Å². The lowest BCUT2D eigenvalue weighted by Crippen LogP contribution is -2.54. The molecule has 0 unspecified atom stereocenters. The fourth-order valence-electron chi connectivity index (χ4n) is 3.36. The molecule has 0 aliphatic carbocycles. The minimum atomic E-state index is -0.506. The van der Waals surface area contributed by atoms with Crippen molar-refractivity contribution in [2.45, 2.75) is 13.8 Å². The third-order valence-electron chi connectivity index (χ3n) is 4.87. The number of benzene rings is 2. The topological polar surface area (TPSA) is 54.3 Å². The number of rotatable bonds is 3. The summed E-state index contributed by atoms with van der Waals surface area (Å²) in [6, 6.07) is 17.3. The van der Waals surface area contributed by atoms with E-state index in [1.54, 1.807) is 6.08 Å². The summed E-state index contributed by atoms with van der Waals surface area (Å²) in [4.78, 5) is 27.4. The van der Waals surface area contributed by atoms with Gasteiger partial charge in [-0.3, -0.25) is 19.8 Å². The Hall–Kier alpha value is -3.03. The molecule has 150 valence electrons. The minimum absolute atomic E-state index is 0.0273. The molecule has 1 aliphatic rings. The lowest BCUT2D eigenvalue weighted by molar-refractivity contribution is -0.122. The smallest absolute Gasteiger partial charge is 0.270 e. The van der Waals surface area contributed by atoms with E-state index in [0.29, 0.717) is 11.4 Å². The molecule has 2 heterocycles. The Morgan fingerprint density at radius 2 is 1.83 bits per heavy atom. The Balaban J connectivity index is 1.78. The zero-order chi connectivity index (χ0) is 21.4. The lowest BCUT2D eigenvalue weighted by atomic mass is 10.1. The number of aromatic nitrogens is 1. The van der Waals surface area contributed by atoms with Crippen LogP contribution in [0.2, 0.25) is 0 Å². The van der Waals surface area contributed by atoms with Gasteiger partial charge in [-0.05, 0) is 79.7 Å². The second kappa shape index (κ2) is 8.01. The maximum absolute atomic E-state index is 13.3. The van der Waals surface area contributed by atoms with Crippen LogP contribution in [0.4, 0.5) is 5.69 Å². The van der Waals surface area contributed by atoms with Gasteiger partial charge in [-0.25, -0.2) is 0 Å². The molecule has 2 aromatic carbocycles. The van der Waals surface area contributed by atoms with E-state index in [1.807, 2.05) is 79.2 Å². The SMILES string of the molecule is Cc1ccc(C)c(N2C(=O)/C(=C/c3cccn3-c3cccc(Br)c3)C(=O)NC2=S)c1. The van der Waals surface area contributed by atoms with E-state index in [0.717, 1.165) is 21.3 Å². The summed E-state index contributed by atoms with van der Waals surface area (Å²) in [6.07, 6.45) is 3.48. The predicted molar refractivity (Wildman–Crippen MR) is 126 cm³/mol. The van der Waals surface area contributed by atoms with Gasteiger partial charge in [0.1, 0.15) is 5.57 Å². The number of carbonyl (C=O) groups is 2. The van der Waals surface area contributed by atoms with E-state index in [1.165, 1.54) is 4.90 Å². The summed E-state index contributed by atoms with van der Waals surface area (Å²) in [5.41, 5.74) is 4.20. The summed E-state index contributed by atoms with van der Waals surface area (Å²) >= 11 is 8.79. The monoisotopic (exact) mass is 479 g/mol. The third kappa shape index (κ3) is 3.74. The highest BCUT2D eigenvalue weighted by Gasteiger charge is 2.35. The molecule has 1 aromatic heterocycles.